The fourth-order valence-corrected chi connectivity index (χ4v) is 2.45. The summed E-state index contributed by atoms with van der Waals surface area (Å²) in [6.07, 6.45) is 0. The van der Waals surface area contributed by atoms with E-state index in [1.54, 1.807) is 18.9 Å². The van der Waals surface area contributed by atoms with E-state index in [9.17, 15) is 0 Å². The van der Waals surface area contributed by atoms with Gasteiger partial charge in [-0.25, -0.2) is 0 Å². The van der Waals surface area contributed by atoms with Crippen LogP contribution < -0.4 is 15.6 Å². The van der Waals surface area contributed by atoms with E-state index in [2.05, 4.69) is 42.0 Å². The number of hydrogen-bond donors (Lipinski definition) is 2. The van der Waals surface area contributed by atoms with Gasteiger partial charge in [-0.2, -0.15) is 0 Å². The van der Waals surface area contributed by atoms with Crippen molar-refractivity contribution in [2.24, 2.45) is 4.99 Å². The smallest absolute Gasteiger partial charge is 0.180 e. The minimum Gasteiger partial charge on any atom is -0.497 e. The summed E-state index contributed by atoms with van der Waals surface area (Å²) in [5, 5.41) is 2.93. The molecule has 0 saturated carbocycles. The van der Waals surface area contributed by atoms with Crippen molar-refractivity contribution in [3.05, 3.63) is 35.2 Å². The van der Waals surface area contributed by atoms with Crippen molar-refractivity contribution in [3.8, 4) is 5.75 Å². The van der Waals surface area contributed by atoms with Gasteiger partial charge in [-0.05, 0) is 32.9 Å². The topological polar surface area (TPSA) is 45.6 Å². The van der Waals surface area contributed by atoms with Crippen molar-refractivity contribution in [2.75, 3.05) is 7.11 Å². The van der Waals surface area contributed by atoms with Gasteiger partial charge in [0.15, 0.2) is 5.17 Å². The first kappa shape index (κ1) is 13.8. The molecule has 1 aliphatic heterocycles. The Morgan fingerprint density at radius 1 is 1.21 bits per heavy atom. The number of nitrogens with one attached hydrogen (secondary N) is 2. The second-order valence-electron chi connectivity index (χ2n) is 5.22. The number of amidine groups is 1. The molecule has 0 aliphatic carbocycles. The monoisotopic (exact) mass is 277 g/mol. The number of ether oxygens (including phenoxy) is 1. The SMILES string of the molecule is COc1cccc(C2=CSC(=NC(C)(C)C)NN2)c1. The second kappa shape index (κ2) is 5.57. The van der Waals surface area contributed by atoms with E-state index in [-0.39, 0.29) is 5.54 Å². The molecule has 1 aromatic rings. The van der Waals surface area contributed by atoms with Crippen LogP contribution >= 0.6 is 11.8 Å². The van der Waals surface area contributed by atoms with Crippen LogP contribution in [0.5, 0.6) is 5.75 Å². The highest BCUT2D eigenvalue weighted by Gasteiger charge is 2.14. The highest BCUT2D eigenvalue weighted by molar-refractivity contribution is 8.16. The number of benzene rings is 1. The molecular formula is C14H19N3OS. The third-order valence-corrected chi connectivity index (χ3v) is 3.18. The van der Waals surface area contributed by atoms with Crippen LogP contribution in [0.25, 0.3) is 5.70 Å². The number of hydrogen-bond acceptors (Lipinski definition) is 4. The zero-order valence-electron chi connectivity index (χ0n) is 11.7. The molecular weight excluding hydrogens is 258 g/mol. The van der Waals surface area contributed by atoms with Crippen LogP contribution in [0.1, 0.15) is 26.3 Å². The number of thioether (sulfide) groups is 1. The molecule has 0 bridgehead atoms. The zero-order valence-corrected chi connectivity index (χ0v) is 12.5. The normalized spacial score (nSPS) is 17.5. The Balaban J connectivity index is 2.14. The van der Waals surface area contributed by atoms with Gasteiger partial charge in [0.25, 0.3) is 0 Å². The Morgan fingerprint density at radius 3 is 2.58 bits per heavy atom. The molecule has 2 rings (SSSR count). The first-order valence-electron chi connectivity index (χ1n) is 6.11. The summed E-state index contributed by atoms with van der Waals surface area (Å²) in [6.45, 7) is 6.22. The third-order valence-electron chi connectivity index (χ3n) is 2.41. The van der Waals surface area contributed by atoms with Gasteiger partial charge in [-0.15, -0.1) is 0 Å². The van der Waals surface area contributed by atoms with Gasteiger partial charge in [0.1, 0.15) is 5.75 Å². The van der Waals surface area contributed by atoms with Crippen molar-refractivity contribution in [1.82, 2.24) is 10.9 Å². The molecule has 0 amide bonds. The predicted octanol–water partition coefficient (Wildman–Crippen LogP) is 2.99. The van der Waals surface area contributed by atoms with E-state index >= 15 is 0 Å². The lowest BCUT2D eigenvalue weighted by atomic mass is 10.1. The number of nitrogens with zero attached hydrogens (tertiary/aromatic N) is 1. The first-order valence-corrected chi connectivity index (χ1v) is 6.99. The standard InChI is InChI=1S/C14H19N3OS/c1-14(2,3)15-13-17-16-12(9-19-13)10-6-5-7-11(8-10)18-4/h5-9,16H,1-4H3,(H,15,17). The Labute approximate surface area is 118 Å². The zero-order chi connectivity index (χ0) is 13.9. The van der Waals surface area contributed by atoms with E-state index in [0.717, 1.165) is 22.2 Å². The molecule has 4 nitrogen and oxygen atoms in total. The van der Waals surface area contributed by atoms with Gasteiger partial charge in [0.05, 0.1) is 18.3 Å². The van der Waals surface area contributed by atoms with Crippen molar-refractivity contribution >= 4 is 22.6 Å². The highest BCUT2D eigenvalue weighted by Crippen LogP contribution is 2.23. The molecule has 2 N–H and O–H groups in total. The highest BCUT2D eigenvalue weighted by atomic mass is 32.2. The summed E-state index contributed by atoms with van der Waals surface area (Å²) in [4.78, 5) is 4.57. The van der Waals surface area contributed by atoms with E-state index in [0.29, 0.717) is 0 Å². The summed E-state index contributed by atoms with van der Waals surface area (Å²) in [7, 11) is 1.67. The van der Waals surface area contributed by atoms with Crippen molar-refractivity contribution in [1.29, 1.82) is 0 Å². The predicted molar refractivity (Wildman–Crippen MR) is 82.0 cm³/mol. The Hall–Kier alpha value is -1.62. The van der Waals surface area contributed by atoms with Crippen LogP contribution in [-0.4, -0.2) is 17.8 Å². The van der Waals surface area contributed by atoms with Crippen molar-refractivity contribution in [2.45, 2.75) is 26.3 Å². The lowest BCUT2D eigenvalue weighted by Gasteiger charge is -2.22. The summed E-state index contributed by atoms with van der Waals surface area (Å²) >= 11 is 1.58. The maximum absolute atomic E-state index is 5.23. The lowest BCUT2D eigenvalue weighted by molar-refractivity contribution is 0.414. The van der Waals surface area contributed by atoms with Crippen LogP contribution in [0, 0.1) is 0 Å². The van der Waals surface area contributed by atoms with Crippen LogP contribution in [-0.2, 0) is 0 Å². The Morgan fingerprint density at radius 2 is 2.00 bits per heavy atom. The van der Waals surface area contributed by atoms with Gasteiger partial charge in [-0.3, -0.25) is 15.8 Å². The molecule has 0 unspecified atom stereocenters. The van der Waals surface area contributed by atoms with E-state index < -0.39 is 0 Å². The summed E-state index contributed by atoms with van der Waals surface area (Å²) < 4.78 is 5.23. The molecule has 0 radical (unpaired) electrons. The molecule has 5 heteroatoms. The van der Waals surface area contributed by atoms with Crippen molar-refractivity contribution in [3.63, 3.8) is 0 Å². The molecule has 102 valence electrons. The maximum atomic E-state index is 5.23. The summed E-state index contributed by atoms with van der Waals surface area (Å²) in [5.74, 6) is 0.847. The Bertz CT molecular complexity index is 518. The molecule has 1 aliphatic rings. The fourth-order valence-electron chi connectivity index (χ4n) is 1.58. The van der Waals surface area contributed by atoms with Crippen LogP contribution in [0.2, 0.25) is 0 Å². The summed E-state index contributed by atoms with van der Waals surface area (Å²) in [5.41, 5.74) is 8.28. The van der Waals surface area contributed by atoms with E-state index in [4.69, 9.17) is 4.74 Å². The molecule has 0 aromatic heterocycles. The first-order chi connectivity index (χ1) is 8.98. The van der Waals surface area contributed by atoms with Gasteiger partial charge in [-0.1, -0.05) is 23.9 Å². The largest absolute Gasteiger partial charge is 0.497 e. The van der Waals surface area contributed by atoms with E-state index in [1.807, 2.05) is 24.3 Å². The van der Waals surface area contributed by atoms with E-state index in [1.165, 1.54) is 0 Å². The number of rotatable bonds is 2. The number of methoxy groups -OCH3 is 1. The lowest BCUT2D eigenvalue weighted by Crippen LogP contribution is -2.38. The molecule has 19 heavy (non-hydrogen) atoms. The maximum Gasteiger partial charge on any atom is 0.180 e. The molecule has 1 aromatic carbocycles. The summed E-state index contributed by atoms with van der Waals surface area (Å²) in [6, 6.07) is 7.93. The Kier molecular flexibility index (Phi) is 4.04. The molecule has 1 heterocycles. The minimum absolute atomic E-state index is 0.0850. The molecule has 0 spiro atoms. The minimum atomic E-state index is -0.0850. The quantitative estimate of drug-likeness (QED) is 0.872. The number of aliphatic imine (C=N–C) groups is 1. The average molecular weight is 277 g/mol. The van der Waals surface area contributed by atoms with Crippen LogP contribution in [0.15, 0.2) is 34.7 Å². The van der Waals surface area contributed by atoms with Crippen LogP contribution in [0.3, 0.4) is 0 Å². The average Bonchev–Trinajstić information content (AvgIpc) is 2.38. The van der Waals surface area contributed by atoms with Crippen molar-refractivity contribution < 1.29 is 4.74 Å². The number of hydrazine groups is 1. The van der Waals surface area contributed by atoms with Crippen LogP contribution in [0.4, 0.5) is 0 Å². The van der Waals surface area contributed by atoms with Gasteiger partial charge >= 0.3 is 0 Å². The molecule has 0 saturated heterocycles. The molecule has 0 fully saturated rings. The molecule has 0 atom stereocenters. The second-order valence-corrected chi connectivity index (χ2v) is 6.08. The van der Waals surface area contributed by atoms with Gasteiger partial charge in [0.2, 0.25) is 0 Å². The van der Waals surface area contributed by atoms with Gasteiger partial charge in [0, 0.05) is 11.0 Å². The third kappa shape index (κ3) is 3.92. The van der Waals surface area contributed by atoms with Gasteiger partial charge < -0.3 is 4.74 Å². The fraction of sp³-hybridized carbons (Fsp3) is 0.357.